The van der Waals surface area contributed by atoms with E-state index in [4.69, 9.17) is 5.73 Å². The Balaban J connectivity index is 2.17. The molecule has 0 fully saturated rings. The maximum absolute atomic E-state index is 12.2. The molecule has 0 unspecified atom stereocenters. The molecule has 0 saturated carbocycles. The van der Waals surface area contributed by atoms with Gasteiger partial charge in [0.25, 0.3) is 5.56 Å². The lowest BCUT2D eigenvalue weighted by molar-refractivity contribution is 0.568. The second kappa shape index (κ2) is 6.19. The quantitative estimate of drug-likeness (QED) is 0.867. The number of benzene rings is 1. The van der Waals surface area contributed by atoms with Crippen molar-refractivity contribution in [1.29, 1.82) is 0 Å². The number of nitrogens with zero attached hydrogens (tertiary/aromatic N) is 2. The predicted octanol–water partition coefficient (Wildman–Crippen LogP) is 0.484. The number of hydrogen-bond donors (Lipinski definition) is 1. The summed E-state index contributed by atoms with van der Waals surface area (Å²) in [5.41, 5.74) is 6.70. The lowest BCUT2D eigenvalue weighted by Gasteiger charge is -2.07. The monoisotopic (exact) mass is 307 g/mol. The standard InChI is InChI=1S/C14H17N3O3S/c1-11-2-7-14(18)17(16-11)8-9-21(19,20)13-5-3-12(10-15)4-6-13/h2-7H,8-10,15H2,1H3. The number of aryl methyl sites for hydroxylation is 2. The van der Waals surface area contributed by atoms with Gasteiger partial charge >= 0.3 is 0 Å². The molecule has 0 saturated heterocycles. The van der Waals surface area contributed by atoms with Crippen LogP contribution >= 0.6 is 0 Å². The molecule has 0 amide bonds. The summed E-state index contributed by atoms with van der Waals surface area (Å²) < 4.78 is 25.6. The summed E-state index contributed by atoms with van der Waals surface area (Å²) in [6, 6.07) is 9.41. The van der Waals surface area contributed by atoms with Gasteiger partial charge in [-0.05, 0) is 30.7 Å². The van der Waals surface area contributed by atoms with Crippen molar-refractivity contribution in [2.45, 2.75) is 24.9 Å². The molecule has 2 aromatic rings. The van der Waals surface area contributed by atoms with Gasteiger partial charge in [-0.25, -0.2) is 13.1 Å². The Morgan fingerprint density at radius 2 is 1.81 bits per heavy atom. The van der Waals surface area contributed by atoms with Gasteiger partial charge in [-0.15, -0.1) is 0 Å². The first-order valence-electron chi connectivity index (χ1n) is 6.49. The maximum atomic E-state index is 12.2. The molecule has 21 heavy (non-hydrogen) atoms. The van der Waals surface area contributed by atoms with Crippen molar-refractivity contribution in [1.82, 2.24) is 9.78 Å². The van der Waals surface area contributed by atoms with Crippen molar-refractivity contribution < 1.29 is 8.42 Å². The van der Waals surface area contributed by atoms with Crippen LogP contribution in [0.4, 0.5) is 0 Å². The lowest BCUT2D eigenvalue weighted by atomic mass is 10.2. The van der Waals surface area contributed by atoms with Gasteiger partial charge < -0.3 is 5.73 Å². The van der Waals surface area contributed by atoms with Crippen LogP contribution in [0, 0.1) is 6.92 Å². The van der Waals surface area contributed by atoms with Crippen molar-refractivity contribution in [3.8, 4) is 0 Å². The molecule has 2 rings (SSSR count). The third kappa shape index (κ3) is 3.77. The summed E-state index contributed by atoms with van der Waals surface area (Å²) in [7, 11) is -3.45. The van der Waals surface area contributed by atoms with E-state index in [-0.39, 0.29) is 22.8 Å². The summed E-state index contributed by atoms with van der Waals surface area (Å²) in [4.78, 5) is 11.8. The summed E-state index contributed by atoms with van der Waals surface area (Å²) in [5, 5.41) is 4.02. The van der Waals surface area contributed by atoms with E-state index in [0.717, 1.165) is 5.56 Å². The average molecular weight is 307 g/mol. The third-order valence-corrected chi connectivity index (χ3v) is 4.80. The molecule has 0 aliphatic heterocycles. The van der Waals surface area contributed by atoms with Crippen molar-refractivity contribution in [2.75, 3.05) is 5.75 Å². The van der Waals surface area contributed by atoms with Crippen LogP contribution in [0.15, 0.2) is 46.1 Å². The molecule has 1 aromatic carbocycles. The molecule has 112 valence electrons. The zero-order valence-corrected chi connectivity index (χ0v) is 12.5. The minimum absolute atomic E-state index is 0.0293. The first-order chi connectivity index (χ1) is 9.92. The first-order valence-corrected chi connectivity index (χ1v) is 8.14. The Hall–Kier alpha value is -1.99. The summed E-state index contributed by atoms with van der Waals surface area (Å²) >= 11 is 0. The summed E-state index contributed by atoms with van der Waals surface area (Å²) in [6.07, 6.45) is 0. The third-order valence-electron chi connectivity index (χ3n) is 3.09. The predicted molar refractivity (Wildman–Crippen MR) is 79.6 cm³/mol. The van der Waals surface area contributed by atoms with Gasteiger partial charge in [0.05, 0.1) is 22.9 Å². The van der Waals surface area contributed by atoms with Crippen LogP contribution in [0.1, 0.15) is 11.3 Å². The molecular formula is C14H17N3O3S. The fourth-order valence-corrected chi connectivity index (χ4v) is 3.07. The maximum Gasteiger partial charge on any atom is 0.266 e. The van der Waals surface area contributed by atoms with E-state index in [2.05, 4.69) is 5.10 Å². The Morgan fingerprint density at radius 3 is 2.43 bits per heavy atom. The molecule has 6 nitrogen and oxygen atoms in total. The second-order valence-electron chi connectivity index (χ2n) is 4.70. The largest absolute Gasteiger partial charge is 0.326 e. The van der Waals surface area contributed by atoms with Gasteiger partial charge in [0.1, 0.15) is 0 Å². The summed E-state index contributed by atoms with van der Waals surface area (Å²) in [6.45, 7) is 2.14. The molecule has 1 aromatic heterocycles. The van der Waals surface area contributed by atoms with E-state index < -0.39 is 9.84 Å². The van der Waals surface area contributed by atoms with E-state index in [0.29, 0.717) is 12.2 Å². The number of rotatable bonds is 5. The minimum Gasteiger partial charge on any atom is -0.326 e. The second-order valence-corrected chi connectivity index (χ2v) is 6.81. The lowest BCUT2D eigenvalue weighted by Crippen LogP contribution is -2.26. The number of nitrogens with two attached hydrogens (primary N) is 1. The van der Waals surface area contributed by atoms with E-state index in [1.165, 1.54) is 22.9 Å². The molecule has 0 aliphatic carbocycles. The molecular weight excluding hydrogens is 290 g/mol. The highest BCUT2D eigenvalue weighted by Gasteiger charge is 2.15. The van der Waals surface area contributed by atoms with Crippen LogP contribution < -0.4 is 11.3 Å². The molecule has 0 atom stereocenters. The van der Waals surface area contributed by atoms with E-state index in [1.54, 1.807) is 25.1 Å². The number of sulfone groups is 1. The fraction of sp³-hybridized carbons (Fsp3) is 0.286. The molecule has 0 aliphatic rings. The van der Waals surface area contributed by atoms with Crippen LogP contribution in [0.2, 0.25) is 0 Å². The van der Waals surface area contributed by atoms with Crippen molar-refractivity contribution in [3.05, 3.63) is 58.0 Å². The zero-order chi connectivity index (χ0) is 15.5. The van der Waals surface area contributed by atoms with Gasteiger partial charge in [-0.3, -0.25) is 4.79 Å². The molecule has 0 bridgehead atoms. The first kappa shape index (κ1) is 15.4. The molecule has 0 spiro atoms. The Kier molecular flexibility index (Phi) is 4.54. The summed E-state index contributed by atoms with van der Waals surface area (Å²) in [5.74, 6) is -0.175. The van der Waals surface area contributed by atoms with Crippen LogP contribution in [-0.2, 0) is 22.9 Å². The Morgan fingerprint density at radius 1 is 1.14 bits per heavy atom. The van der Waals surface area contributed by atoms with Crippen LogP contribution in [-0.4, -0.2) is 24.0 Å². The molecule has 0 radical (unpaired) electrons. The smallest absolute Gasteiger partial charge is 0.266 e. The topological polar surface area (TPSA) is 95.0 Å². The molecule has 7 heteroatoms. The van der Waals surface area contributed by atoms with Crippen LogP contribution in [0.3, 0.4) is 0 Å². The zero-order valence-electron chi connectivity index (χ0n) is 11.7. The Labute approximate surface area is 123 Å². The SMILES string of the molecule is Cc1ccc(=O)n(CCS(=O)(=O)c2ccc(CN)cc2)n1. The molecule has 2 N–H and O–H groups in total. The van der Waals surface area contributed by atoms with E-state index in [1.807, 2.05) is 0 Å². The minimum atomic E-state index is -3.45. The van der Waals surface area contributed by atoms with Gasteiger partial charge in [0.15, 0.2) is 9.84 Å². The van der Waals surface area contributed by atoms with Gasteiger partial charge in [-0.2, -0.15) is 5.10 Å². The van der Waals surface area contributed by atoms with Crippen LogP contribution in [0.5, 0.6) is 0 Å². The van der Waals surface area contributed by atoms with E-state index >= 15 is 0 Å². The van der Waals surface area contributed by atoms with Gasteiger partial charge in [0.2, 0.25) is 0 Å². The normalized spacial score (nSPS) is 11.5. The number of aromatic nitrogens is 2. The van der Waals surface area contributed by atoms with Gasteiger partial charge in [-0.1, -0.05) is 12.1 Å². The van der Waals surface area contributed by atoms with Crippen molar-refractivity contribution >= 4 is 9.84 Å². The highest BCUT2D eigenvalue weighted by Crippen LogP contribution is 2.12. The van der Waals surface area contributed by atoms with Gasteiger partial charge in [0, 0.05) is 12.6 Å². The highest BCUT2D eigenvalue weighted by molar-refractivity contribution is 7.91. The van der Waals surface area contributed by atoms with Crippen molar-refractivity contribution in [2.24, 2.45) is 5.73 Å². The molecule has 1 heterocycles. The Bertz CT molecular complexity index is 780. The highest BCUT2D eigenvalue weighted by atomic mass is 32.2. The number of hydrogen-bond acceptors (Lipinski definition) is 5. The fourth-order valence-electron chi connectivity index (χ4n) is 1.87. The van der Waals surface area contributed by atoms with Crippen LogP contribution in [0.25, 0.3) is 0 Å². The van der Waals surface area contributed by atoms with Crippen molar-refractivity contribution in [3.63, 3.8) is 0 Å². The average Bonchev–Trinajstić information content (AvgIpc) is 2.48. The van der Waals surface area contributed by atoms with E-state index in [9.17, 15) is 13.2 Å².